The molecule has 7 nitrogen and oxygen atoms in total. The highest BCUT2D eigenvalue weighted by Gasteiger charge is 2.28. The maximum Gasteiger partial charge on any atom is 0.241 e. The van der Waals surface area contributed by atoms with Gasteiger partial charge < -0.3 is 14.5 Å². The lowest BCUT2D eigenvalue weighted by Gasteiger charge is -2.21. The number of ether oxygens (including phenoxy) is 1. The summed E-state index contributed by atoms with van der Waals surface area (Å²) in [6.45, 7) is 7.53. The van der Waals surface area contributed by atoms with Crippen LogP contribution in [0.4, 0.5) is 0 Å². The summed E-state index contributed by atoms with van der Waals surface area (Å²) < 4.78 is 38.5. The van der Waals surface area contributed by atoms with Crippen LogP contribution in [0.15, 0.2) is 52.0 Å². The predicted octanol–water partition coefficient (Wildman–Crippen LogP) is 2.69. The number of sulfonamides is 1. The lowest BCUT2D eigenvalue weighted by Crippen LogP contribution is -2.49. The van der Waals surface area contributed by atoms with E-state index in [4.69, 9.17) is 9.15 Å². The average molecular weight is 394 g/mol. The molecule has 1 amide bonds. The maximum absolute atomic E-state index is 12.7. The number of furan rings is 1. The fraction of sp³-hybridized carbons (Fsp3) is 0.421. The predicted molar refractivity (Wildman–Crippen MR) is 102 cm³/mol. The van der Waals surface area contributed by atoms with Crippen LogP contribution >= 0.6 is 0 Å². The second kappa shape index (κ2) is 9.05. The standard InChI is InChI=1S/C19H26N2O5S/c1-13(2)18(19(22)20-12-16-6-5-11-25-16)21-27(23,24)17-9-7-15(8-10-17)26-14(3)4/h5-11,13-14,18,21H,12H2,1-4H3,(H,20,22)/t18-/m1/s1. The van der Waals surface area contributed by atoms with Crippen LogP contribution in [0.5, 0.6) is 5.75 Å². The molecule has 2 aromatic rings. The Balaban J connectivity index is 2.07. The number of rotatable bonds is 9. The van der Waals surface area contributed by atoms with Gasteiger partial charge in [-0.2, -0.15) is 4.72 Å². The highest BCUT2D eigenvalue weighted by Crippen LogP contribution is 2.18. The SMILES string of the molecule is CC(C)Oc1ccc(S(=O)(=O)N[C@@H](C(=O)NCc2ccco2)C(C)C)cc1. The number of benzene rings is 1. The fourth-order valence-corrected chi connectivity index (χ4v) is 3.74. The Morgan fingerprint density at radius 3 is 2.30 bits per heavy atom. The van der Waals surface area contributed by atoms with Crippen LogP contribution in [0.3, 0.4) is 0 Å². The summed E-state index contributed by atoms with van der Waals surface area (Å²) in [5.74, 6) is 0.527. The minimum atomic E-state index is -3.86. The monoisotopic (exact) mass is 394 g/mol. The molecule has 1 heterocycles. The molecule has 0 spiro atoms. The quantitative estimate of drug-likeness (QED) is 0.681. The van der Waals surface area contributed by atoms with Gasteiger partial charge in [-0.25, -0.2) is 8.42 Å². The number of hydrogen-bond donors (Lipinski definition) is 2. The zero-order valence-electron chi connectivity index (χ0n) is 15.9. The van der Waals surface area contributed by atoms with Crippen LogP contribution in [-0.4, -0.2) is 26.5 Å². The summed E-state index contributed by atoms with van der Waals surface area (Å²) in [5, 5.41) is 2.69. The van der Waals surface area contributed by atoms with Crippen LogP contribution < -0.4 is 14.8 Å². The Hall–Kier alpha value is -2.32. The van der Waals surface area contributed by atoms with Gasteiger partial charge in [0.15, 0.2) is 0 Å². The molecular formula is C19H26N2O5S. The summed E-state index contributed by atoms with van der Waals surface area (Å²) in [7, 11) is -3.86. The van der Waals surface area contributed by atoms with Crippen LogP contribution in [-0.2, 0) is 21.4 Å². The van der Waals surface area contributed by atoms with Crippen LogP contribution in [0, 0.1) is 5.92 Å². The maximum atomic E-state index is 12.7. The van der Waals surface area contributed by atoms with Crippen molar-refractivity contribution in [2.24, 2.45) is 5.92 Å². The molecule has 0 aliphatic carbocycles. The zero-order valence-corrected chi connectivity index (χ0v) is 16.7. The first-order valence-corrected chi connectivity index (χ1v) is 10.3. The number of amides is 1. The van der Waals surface area contributed by atoms with Crippen molar-refractivity contribution in [3.8, 4) is 5.75 Å². The third-order valence-electron chi connectivity index (χ3n) is 3.75. The fourth-order valence-electron chi connectivity index (χ4n) is 2.39. The summed E-state index contributed by atoms with van der Waals surface area (Å²) in [6.07, 6.45) is 1.50. The number of hydrogen-bond acceptors (Lipinski definition) is 5. The molecule has 0 fully saturated rings. The minimum Gasteiger partial charge on any atom is -0.491 e. The molecule has 2 rings (SSSR count). The topological polar surface area (TPSA) is 97.6 Å². The van der Waals surface area contributed by atoms with E-state index in [0.29, 0.717) is 11.5 Å². The van der Waals surface area contributed by atoms with Crippen molar-refractivity contribution in [2.75, 3.05) is 0 Å². The average Bonchev–Trinajstić information content (AvgIpc) is 3.11. The Labute approximate surface area is 160 Å². The van der Waals surface area contributed by atoms with Crippen molar-refractivity contribution in [2.45, 2.75) is 51.3 Å². The highest BCUT2D eigenvalue weighted by atomic mass is 32.2. The van der Waals surface area contributed by atoms with Gasteiger partial charge in [-0.15, -0.1) is 0 Å². The second-order valence-electron chi connectivity index (χ2n) is 6.78. The Kier molecular flexibility index (Phi) is 7.04. The molecule has 1 atom stereocenters. The van der Waals surface area contributed by atoms with Gasteiger partial charge in [0.05, 0.1) is 23.8 Å². The van der Waals surface area contributed by atoms with E-state index < -0.39 is 22.0 Å². The first-order valence-electron chi connectivity index (χ1n) is 8.78. The number of carbonyl (C=O) groups excluding carboxylic acids is 1. The molecule has 8 heteroatoms. The number of nitrogens with one attached hydrogen (secondary N) is 2. The summed E-state index contributed by atoms with van der Waals surface area (Å²) in [4.78, 5) is 12.5. The summed E-state index contributed by atoms with van der Waals surface area (Å²) >= 11 is 0. The van der Waals surface area contributed by atoms with Crippen LogP contribution in [0.1, 0.15) is 33.5 Å². The van der Waals surface area contributed by atoms with Gasteiger partial charge in [-0.1, -0.05) is 13.8 Å². The third kappa shape index (κ3) is 6.11. The molecule has 0 saturated carbocycles. The smallest absolute Gasteiger partial charge is 0.241 e. The van der Waals surface area contributed by atoms with E-state index in [-0.39, 0.29) is 23.5 Å². The normalized spacial score (nSPS) is 13.0. The Morgan fingerprint density at radius 2 is 1.78 bits per heavy atom. The molecule has 0 unspecified atom stereocenters. The molecule has 0 bridgehead atoms. The van der Waals surface area contributed by atoms with Gasteiger partial charge in [-0.05, 0) is 56.2 Å². The molecule has 1 aromatic heterocycles. The van der Waals surface area contributed by atoms with Crippen molar-refractivity contribution in [1.82, 2.24) is 10.0 Å². The van der Waals surface area contributed by atoms with E-state index in [1.165, 1.54) is 18.4 Å². The van der Waals surface area contributed by atoms with E-state index in [9.17, 15) is 13.2 Å². The molecule has 1 aromatic carbocycles. The van der Waals surface area contributed by atoms with E-state index in [0.717, 1.165) is 0 Å². The van der Waals surface area contributed by atoms with Crippen LogP contribution in [0.25, 0.3) is 0 Å². The lowest BCUT2D eigenvalue weighted by molar-refractivity contribution is -0.123. The molecule has 0 radical (unpaired) electrons. The first kappa shape index (κ1) is 21.0. The van der Waals surface area contributed by atoms with Crippen LogP contribution in [0.2, 0.25) is 0 Å². The molecular weight excluding hydrogens is 368 g/mol. The van der Waals surface area contributed by atoms with Gasteiger partial charge in [0, 0.05) is 0 Å². The number of carbonyl (C=O) groups is 1. The first-order chi connectivity index (χ1) is 12.7. The summed E-state index contributed by atoms with van der Waals surface area (Å²) in [5.41, 5.74) is 0. The molecule has 0 saturated heterocycles. The highest BCUT2D eigenvalue weighted by molar-refractivity contribution is 7.89. The second-order valence-corrected chi connectivity index (χ2v) is 8.49. The lowest BCUT2D eigenvalue weighted by atomic mass is 10.1. The third-order valence-corrected chi connectivity index (χ3v) is 5.21. The van der Waals surface area contributed by atoms with Gasteiger partial charge in [0.1, 0.15) is 17.6 Å². The van der Waals surface area contributed by atoms with Gasteiger partial charge >= 0.3 is 0 Å². The van der Waals surface area contributed by atoms with Crippen molar-refractivity contribution < 1.29 is 22.4 Å². The molecule has 148 valence electrons. The summed E-state index contributed by atoms with van der Waals surface area (Å²) in [6, 6.07) is 8.64. The van der Waals surface area contributed by atoms with Crippen molar-refractivity contribution in [1.29, 1.82) is 0 Å². The van der Waals surface area contributed by atoms with Gasteiger partial charge in [0.25, 0.3) is 0 Å². The molecule has 0 aliphatic rings. The Bertz CT molecular complexity index is 827. The molecule has 0 aliphatic heterocycles. The minimum absolute atomic E-state index is 0.00578. The van der Waals surface area contributed by atoms with E-state index in [1.807, 2.05) is 13.8 Å². The molecule has 27 heavy (non-hydrogen) atoms. The van der Waals surface area contributed by atoms with Crippen molar-refractivity contribution in [3.63, 3.8) is 0 Å². The van der Waals surface area contributed by atoms with Crippen molar-refractivity contribution >= 4 is 15.9 Å². The van der Waals surface area contributed by atoms with E-state index in [2.05, 4.69) is 10.0 Å². The van der Waals surface area contributed by atoms with Gasteiger partial charge in [-0.3, -0.25) is 4.79 Å². The van der Waals surface area contributed by atoms with Crippen molar-refractivity contribution in [3.05, 3.63) is 48.4 Å². The largest absolute Gasteiger partial charge is 0.491 e. The van der Waals surface area contributed by atoms with E-state index in [1.54, 1.807) is 38.1 Å². The Morgan fingerprint density at radius 1 is 1.11 bits per heavy atom. The van der Waals surface area contributed by atoms with Gasteiger partial charge in [0.2, 0.25) is 15.9 Å². The zero-order chi connectivity index (χ0) is 20.0. The molecule has 2 N–H and O–H groups in total. The van der Waals surface area contributed by atoms with E-state index >= 15 is 0 Å².